The molecule has 1 N–H and O–H groups in total. The number of thiocarbonyl (C=S) groups is 1. The second-order valence-corrected chi connectivity index (χ2v) is 7.03. The molecule has 0 fully saturated rings. The van der Waals surface area contributed by atoms with E-state index in [0.717, 1.165) is 29.8 Å². The molecule has 2 aromatic rings. The van der Waals surface area contributed by atoms with Crippen molar-refractivity contribution in [1.82, 2.24) is 4.90 Å². The molecule has 7 heteroatoms. The number of fused-ring (bicyclic) bond motifs is 1. The third-order valence-corrected chi connectivity index (χ3v) is 5.55. The van der Waals surface area contributed by atoms with E-state index < -0.39 is 6.10 Å². The topological polar surface area (TPSA) is 60.4 Å². The first-order valence-electron chi connectivity index (χ1n) is 9.64. The highest BCUT2D eigenvalue weighted by Crippen LogP contribution is 2.38. The lowest BCUT2D eigenvalue weighted by atomic mass is 9.95. The second-order valence-electron chi connectivity index (χ2n) is 6.65. The summed E-state index contributed by atoms with van der Waals surface area (Å²) in [5.41, 5.74) is 2.43. The fourth-order valence-electron chi connectivity index (χ4n) is 3.49. The first-order chi connectivity index (χ1) is 14.0. The summed E-state index contributed by atoms with van der Waals surface area (Å²) in [6, 6.07) is 9.26. The van der Waals surface area contributed by atoms with Gasteiger partial charge in [0.2, 0.25) is 6.79 Å². The number of nitrogens with zero attached hydrogens (tertiary/aromatic N) is 1. The van der Waals surface area contributed by atoms with Crippen LogP contribution in [0.1, 0.15) is 36.6 Å². The molecule has 156 valence electrons. The van der Waals surface area contributed by atoms with Gasteiger partial charge in [0.05, 0.1) is 25.9 Å². The number of hydrogen-bond donors (Lipinski definition) is 1. The van der Waals surface area contributed by atoms with Crippen LogP contribution in [0.4, 0.5) is 0 Å². The summed E-state index contributed by atoms with van der Waals surface area (Å²) in [6.45, 7) is 5.87. The summed E-state index contributed by atoms with van der Waals surface area (Å²) in [7, 11) is 3.20. The molecule has 29 heavy (non-hydrogen) atoms. The molecule has 2 aromatic carbocycles. The zero-order valence-corrected chi connectivity index (χ0v) is 18.0. The predicted molar refractivity (Wildman–Crippen MR) is 115 cm³/mol. The molecule has 3 rings (SSSR count). The lowest BCUT2D eigenvalue weighted by Gasteiger charge is -2.26. The Hall–Kier alpha value is -2.51. The van der Waals surface area contributed by atoms with Gasteiger partial charge in [-0.1, -0.05) is 24.4 Å². The van der Waals surface area contributed by atoms with Gasteiger partial charge in [-0.3, -0.25) is 0 Å². The van der Waals surface area contributed by atoms with Crippen LogP contribution in [-0.4, -0.2) is 49.1 Å². The third kappa shape index (κ3) is 4.26. The SMILES string of the molecule is CCN(CC)C(=S)c1c(CC(O)c2ccc3c(c2)OCO3)ccc(OC)c1OC. The van der Waals surface area contributed by atoms with Gasteiger partial charge in [-0.15, -0.1) is 0 Å². The van der Waals surface area contributed by atoms with Gasteiger partial charge in [0.1, 0.15) is 4.99 Å². The minimum Gasteiger partial charge on any atom is -0.493 e. The van der Waals surface area contributed by atoms with E-state index in [1.807, 2.05) is 30.3 Å². The Morgan fingerprint density at radius 2 is 1.83 bits per heavy atom. The zero-order chi connectivity index (χ0) is 21.0. The summed E-state index contributed by atoms with van der Waals surface area (Å²) in [5, 5.41) is 10.9. The zero-order valence-electron chi connectivity index (χ0n) is 17.2. The van der Waals surface area contributed by atoms with Crippen molar-refractivity contribution >= 4 is 17.2 Å². The van der Waals surface area contributed by atoms with Crippen LogP contribution in [0.5, 0.6) is 23.0 Å². The molecular weight excluding hydrogens is 390 g/mol. The first-order valence-corrected chi connectivity index (χ1v) is 10.1. The Labute approximate surface area is 176 Å². The van der Waals surface area contributed by atoms with Crippen molar-refractivity contribution in [2.45, 2.75) is 26.4 Å². The molecule has 0 bridgehead atoms. The number of aliphatic hydroxyl groups excluding tert-OH is 1. The van der Waals surface area contributed by atoms with Gasteiger partial charge in [-0.2, -0.15) is 0 Å². The summed E-state index contributed by atoms with van der Waals surface area (Å²) in [6.07, 6.45) is -0.364. The van der Waals surface area contributed by atoms with Crippen molar-refractivity contribution in [2.24, 2.45) is 0 Å². The van der Waals surface area contributed by atoms with E-state index in [2.05, 4.69) is 18.7 Å². The number of aliphatic hydroxyl groups is 1. The van der Waals surface area contributed by atoms with Crippen LogP contribution in [0, 0.1) is 0 Å². The molecule has 1 atom stereocenters. The molecule has 0 saturated heterocycles. The van der Waals surface area contributed by atoms with E-state index in [1.54, 1.807) is 14.2 Å². The van der Waals surface area contributed by atoms with Crippen LogP contribution >= 0.6 is 12.2 Å². The molecule has 1 aliphatic heterocycles. The van der Waals surface area contributed by atoms with Crippen molar-refractivity contribution < 1.29 is 24.1 Å². The Morgan fingerprint density at radius 3 is 2.48 bits per heavy atom. The third-order valence-electron chi connectivity index (χ3n) is 5.09. The average Bonchev–Trinajstić information content (AvgIpc) is 3.21. The average molecular weight is 418 g/mol. The lowest BCUT2D eigenvalue weighted by molar-refractivity contribution is 0.171. The number of benzene rings is 2. The lowest BCUT2D eigenvalue weighted by Crippen LogP contribution is -2.31. The molecule has 6 nitrogen and oxygen atoms in total. The maximum absolute atomic E-state index is 10.9. The van der Waals surface area contributed by atoms with Gasteiger partial charge < -0.3 is 29.0 Å². The molecule has 0 saturated carbocycles. The van der Waals surface area contributed by atoms with Crippen LogP contribution in [0.3, 0.4) is 0 Å². The molecular formula is C22H27NO5S. The monoisotopic (exact) mass is 417 g/mol. The quantitative estimate of drug-likeness (QED) is 0.657. The maximum Gasteiger partial charge on any atom is 0.231 e. The van der Waals surface area contributed by atoms with E-state index in [0.29, 0.717) is 34.4 Å². The first kappa shape index (κ1) is 21.2. The van der Waals surface area contributed by atoms with E-state index in [9.17, 15) is 5.11 Å². The Bertz CT molecular complexity index is 882. The molecule has 1 heterocycles. The van der Waals surface area contributed by atoms with Crippen molar-refractivity contribution in [3.05, 3.63) is 47.0 Å². The number of hydrogen-bond acceptors (Lipinski definition) is 6. The van der Waals surface area contributed by atoms with Crippen molar-refractivity contribution in [2.75, 3.05) is 34.1 Å². The minimum absolute atomic E-state index is 0.201. The van der Waals surface area contributed by atoms with Crippen LogP contribution in [0.2, 0.25) is 0 Å². The van der Waals surface area contributed by atoms with Gasteiger partial charge in [0.25, 0.3) is 0 Å². The van der Waals surface area contributed by atoms with Gasteiger partial charge in [0, 0.05) is 19.5 Å². The predicted octanol–water partition coefficient (Wildman–Crippen LogP) is 3.73. The van der Waals surface area contributed by atoms with Crippen molar-refractivity contribution in [3.8, 4) is 23.0 Å². The standard InChI is InChI=1S/C22H27NO5S/c1-5-23(6-2)22(29)20-15(8-10-18(25-3)21(20)26-4)11-16(24)14-7-9-17-19(12-14)28-13-27-17/h7-10,12,16,24H,5-6,11,13H2,1-4H3. The largest absolute Gasteiger partial charge is 0.493 e. The Kier molecular flexibility index (Phi) is 6.82. The van der Waals surface area contributed by atoms with Gasteiger partial charge >= 0.3 is 0 Å². The highest BCUT2D eigenvalue weighted by Gasteiger charge is 2.24. The fraction of sp³-hybridized carbons (Fsp3) is 0.409. The molecule has 0 spiro atoms. The summed E-state index contributed by atoms with van der Waals surface area (Å²) in [5.74, 6) is 2.53. The normalized spacial score (nSPS) is 13.1. The molecule has 1 unspecified atom stereocenters. The van der Waals surface area contributed by atoms with Crippen molar-refractivity contribution in [1.29, 1.82) is 0 Å². The maximum atomic E-state index is 10.9. The van der Waals surface area contributed by atoms with Crippen molar-refractivity contribution in [3.63, 3.8) is 0 Å². The van der Waals surface area contributed by atoms with E-state index >= 15 is 0 Å². The van der Waals surface area contributed by atoms with Crippen LogP contribution in [0.25, 0.3) is 0 Å². The Balaban J connectivity index is 1.98. The van der Waals surface area contributed by atoms with Crippen LogP contribution in [0.15, 0.2) is 30.3 Å². The van der Waals surface area contributed by atoms with E-state index in [4.69, 9.17) is 31.2 Å². The smallest absolute Gasteiger partial charge is 0.231 e. The number of methoxy groups -OCH3 is 2. The molecule has 0 radical (unpaired) electrons. The molecule has 1 aliphatic rings. The van der Waals surface area contributed by atoms with Crippen LogP contribution < -0.4 is 18.9 Å². The summed E-state index contributed by atoms with van der Waals surface area (Å²) < 4.78 is 21.9. The second kappa shape index (κ2) is 9.33. The van der Waals surface area contributed by atoms with Gasteiger partial charge in [-0.25, -0.2) is 0 Å². The van der Waals surface area contributed by atoms with Crippen LogP contribution in [-0.2, 0) is 6.42 Å². The van der Waals surface area contributed by atoms with Gasteiger partial charge in [-0.05, 0) is 43.2 Å². The highest BCUT2D eigenvalue weighted by atomic mass is 32.1. The van der Waals surface area contributed by atoms with E-state index in [-0.39, 0.29) is 6.79 Å². The molecule has 0 amide bonds. The van der Waals surface area contributed by atoms with E-state index in [1.165, 1.54) is 0 Å². The number of ether oxygens (including phenoxy) is 4. The molecule has 0 aliphatic carbocycles. The fourth-order valence-corrected chi connectivity index (χ4v) is 3.97. The molecule has 0 aromatic heterocycles. The minimum atomic E-state index is -0.735. The number of rotatable bonds is 8. The highest BCUT2D eigenvalue weighted by molar-refractivity contribution is 7.80. The van der Waals surface area contributed by atoms with Gasteiger partial charge in [0.15, 0.2) is 23.0 Å². The Morgan fingerprint density at radius 1 is 1.10 bits per heavy atom. The summed E-state index contributed by atoms with van der Waals surface area (Å²) >= 11 is 5.80. The summed E-state index contributed by atoms with van der Waals surface area (Å²) in [4.78, 5) is 2.77.